The zero-order chi connectivity index (χ0) is 21.2. The van der Waals surface area contributed by atoms with Crippen LogP contribution in [-0.4, -0.2) is 36.3 Å². The van der Waals surface area contributed by atoms with Crippen LogP contribution in [0.4, 0.5) is 5.13 Å². The van der Waals surface area contributed by atoms with Crippen LogP contribution in [-0.2, 0) is 21.2 Å². The molecule has 0 aliphatic rings. The molecule has 0 saturated carbocycles. The van der Waals surface area contributed by atoms with Crippen LogP contribution in [0, 0.1) is 6.92 Å². The van der Waals surface area contributed by atoms with E-state index in [2.05, 4.69) is 9.71 Å². The number of rotatable bonds is 7. The van der Waals surface area contributed by atoms with Crippen molar-refractivity contribution < 1.29 is 13.2 Å². The minimum absolute atomic E-state index is 0.0361. The average Bonchev–Trinajstić information content (AvgIpc) is 2.90. The first-order valence-electron chi connectivity index (χ1n) is 8.66. The molecular weight excluding hydrogens is 441 g/mol. The number of aryl methyl sites for hydroxylation is 1. The van der Waals surface area contributed by atoms with Gasteiger partial charge in [0.1, 0.15) is 4.90 Å². The molecule has 0 fully saturated rings. The van der Waals surface area contributed by atoms with Gasteiger partial charge in [-0.3, -0.25) is 9.52 Å². The number of nitrogens with zero attached hydrogens (tertiary/aromatic N) is 2. The van der Waals surface area contributed by atoms with E-state index in [-0.39, 0.29) is 39.5 Å². The Morgan fingerprint density at radius 1 is 1.21 bits per heavy atom. The van der Waals surface area contributed by atoms with Crippen molar-refractivity contribution in [3.05, 3.63) is 38.8 Å². The van der Waals surface area contributed by atoms with Crippen LogP contribution in [0.2, 0.25) is 10.0 Å². The Hall–Kier alpha value is -1.35. The number of carbonyl (C=O) groups is 1. The van der Waals surface area contributed by atoms with Crippen LogP contribution >= 0.6 is 34.5 Å². The largest absolute Gasteiger partial charge is 0.338 e. The fourth-order valence-corrected chi connectivity index (χ4v) is 6.20. The molecule has 6 nitrogen and oxygen atoms in total. The van der Waals surface area contributed by atoms with Crippen LogP contribution in [0.25, 0.3) is 0 Å². The highest BCUT2D eigenvalue weighted by Crippen LogP contribution is 2.31. The number of hydrogen-bond acceptors (Lipinski definition) is 5. The number of carbonyl (C=O) groups excluding carboxylic acids is 1. The van der Waals surface area contributed by atoms with E-state index < -0.39 is 10.0 Å². The van der Waals surface area contributed by atoms with E-state index in [1.54, 1.807) is 17.2 Å². The smallest absolute Gasteiger partial charge is 0.265 e. The highest BCUT2D eigenvalue weighted by Gasteiger charge is 2.24. The lowest BCUT2D eigenvalue weighted by Gasteiger charge is -2.30. The van der Waals surface area contributed by atoms with Crippen molar-refractivity contribution in [3.63, 3.8) is 0 Å². The molecule has 1 aromatic heterocycles. The van der Waals surface area contributed by atoms with Crippen molar-refractivity contribution in [1.82, 2.24) is 9.88 Å². The highest BCUT2D eigenvalue weighted by molar-refractivity contribution is 7.93. The summed E-state index contributed by atoms with van der Waals surface area (Å²) < 4.78 is 27.9. The zero-order valence-electron chi connectivity index (χ0n) is 16.3. The van der Waals surface area contributed by atoms with Crippen LogP contribution in [0.1, 0.15) is 39.0 Å². The van der Waals surface area contributed by atoms with Gasteiger partial charge in [-0.2, -0.15) is 0 Å². The van der Waals surface area contributed by atoms with Gasteiger partial charge in [0.25, 0.3) is 10.0 Å². The number of thiazole rings is 1. The monoisotopic (exact) mass is 463 g/mol. The van der Waals surface area contributed by atoms with E-state index >= 15 is 0 Å². The highest BCUT2D eigenvalue weighted by atomic mass is 35.5. The van der Waals surface area contributed by atoms with Gasteiger partial charge in [0.05, 0.1) is 17.1 Å². The molecule has 0 bridgehead atoms. The lowest BCUT2D eigenvalue weighted by atomic mass is 10.2. The summed E-state index contributed by atoms with van der Waals surface area (Å²) >= 11 is 13.1. The normalized spacial score (nSPS) is 11.9. The summed E-state index contributed by atoms with van der Waals surface area (Å²) in [5.41, 5.74) is 0.944. The average molecular weight is 464 g/mol. The van der Waals surface area contributed by atoms with E-state index in [4.69, 9.17) is 23.2 Å². The van der Waals surface area contributed by atoms with Crippen LogP contribution < -0.4 is 4.72 Å². The summed E-state index contributed by atoms with van der Waals surface area (Å²) in [5, 5.41) is 2.24. The van der Waals surface area contributed by atoms with Crippen LogP contribution in [0.5, 0.6) is 0 Å². The number of benzene rings is 1. The number of anilines is 1. The van der Waals surface area contributed by atoms with Crippen LogP contribution in [0.3, 0.4) is 0 Å². The molecule has 0 radical (unpaired) electrons. The van der Waals surface area contributed by atoms with E-state index in [1.165, 1.54) is 12.1 Å². The van der Waals surface area contributed by atoms with Gasteiger partial charge in [-0.05, 0) is 52.3 Å². The molecule has 10 heteroatoms. The Labute approximate surface area is 179 Å². The Kier molecular flexibility index (Phi) is 7.36. The lowest BCUT2D eigenvalue weighted by Crippen LogP contribution is -2.42. The Balaban J connectivity index is 2.20. The third-order valence-corrected chi connectivity index (χ3v) is 7.07. The zero-order valence-corrected chi connectivity index (χ0v) is 19.4. The molecule has 1 amide bonds. The van der Waals surface area contributed by atoms with Gasteiger partial charge in [-0.15, -0.1) is 11.3 Å². The molecule has 0 saturated heterocycles. The SMILES string of the molecule is Cc1cc(Cl)cc(Cl)c1S(=O)(=O)Nc1nc(CC(=O)N(C(C)C)C(C)C)cs1. The first-order chi connectivity index (χ1) is 12.9. The van der Waals surface area contributed by atoms with Crippen molar-refractivity contribution in [2.24, 2.45) is 0 Å². The molecule has 0 aliphatic carbocycles. The van der Waals surface area contributed by atoms with Gasteiger partial charge >= 0.3 is 0 Å². The fourth-order valence-electron chi connectivity index (χ4n) is 3.05. The van der Waals surface area contributed by atoms with Crippen molar-refractivity contribution in [1.29, 1.82) is 0 Å². The topological polar surface area (TPSA) is 79.4 Å². The maximum absolute atomic E-state index is 12.7. The van der Waals surface area contributed by atoms with Gasteiger partial charge in [-0.1, -0.05) is 23.2 Å². The molecule has 2 rings (SSSR count). The lowest BCUT2D eigenvalue weighted by molar-refractivity contribution is -0.134. The number of halogens is 2. The molecule has 0 aliphatic heterocycles. The summed E-state index contributed by atoms with van der Waals surface area (Å²) in [6.45, 7) is 9.44. The molecular formula is C18H23Cl2N3O3S2. The molecule has 1 aromatic carbocycles. The summed E-state index contributed by atoms with van der Waals surface area (Å²) in [6, 6.07) is 3.04. The second-order valence-corrected chi connectivity index (χ2v) is 10.3. The van der Waals surface area contributed by atoms with Crippen molar-refractivity contribution in [3.8, 4) is 0 Å². The van der Waals surface area contributed by atoms with E-state index in [1.807, 2.05) is 27.7 Å². The first-order valence-corrected chi connectivity index (χ1v) is 11.8. The van der Waals surface area contributed by atoms with Gasteiger partial charge in [-0.25, -0.2) is 13.4 Å². The van der Waals surface area contributed by atoms with Crippen molar-refractivity contribution in [2.45, 2.75) is 58.0 Å². The first kappa shape index (κ1) is 22.9. The number of amides is 1. The van der Waals surface area contributed by atoms with Gasteiger partial charge in [0, 0.05) is 22.5 Å². The predicted octanol–water partition coefficient (Wildman–Crippen LogP) is 4.75. The standard InChI is InChI=1S/C18H23Cl2N3O3S2/c1-10(2)23(11(3)4)16(24)8-14-9-27-18(21-14)22-28(25,26)17-12(5)6-13(19)7-15(17)20/h6-7,9-11H,8H2,1-5H3,(H,21,22). The minimum atomic E-state index is -3.94. The second-order valence-electron chi connectivity index (χ2n) is 6.95. The molecule has 154 valence electrons. The summed E-state index contributed by atoms with van der Waals surface area (Å²) in [5.74, 6) is -0.0544. The third kappa shape index (κ3) is 5.37. The third-order valence-electron chi connectivity index (χ3n) is 3.97. The minimum Gasteiger partial charge on any atom is -0.338 e. The number of nitrogens with one attached hydrogen (secondary N) is 1. The maximum Gasteiger partial charge on any atom is 0.265 e. The van der Waals surface area contributed by atoms with Gasteiger partial charge in [0.2, 0.25) is 5.91 Å². The number of aromatic nitrogens is 1. The maximum atomic E-state index is 12.7. The quantitative estimate of drug-likeness (QED) is 0.642. The Morgan fingerprint density at radius 2 is 1.82 bits per heavy atom. The molecule has 1 N–H and O–H groups in total. The Bertz CT molecular complexity index is 941. The summed E-state index contributed by atoms with van der Waals surface area (Å²) in [6.07, 6.45) is 0.106. The fraction of sp³-hybridized carbons (Fsp3) is 0.444. The van der Waals surface area contributed by atoms with Gasteiger partial charge < -0.3 is 4.90 Å². The molecule has 0 spiro atoms. The number of sulfonamides is 1. The van der Waals surface area contributed by atoms with E-state index in [0.717, 1.165) is 11.3 Å². The molecule has 0 atom stereocenters. The number of hydrogen-bond donors (Lipinski definition) is 1. The van der Waals surface area contributed by atoms with Crippen molar-refractivity contribution >= 4 is 55.6 Å². The van der Waals surface area contributed by atoms with Gasteiger partial charge in [0.15, 0.2) is 5.13 Å². The summed E-state index contributed by atoms with van der Waals surface area (Å²) in [4.78, 5) is 18.5. The second kappa shape index (κ2) is 8.98. The van der Waals surface area contributed by atoms with E-state index in [0.29, 0.717) is 16.3 Å². The van der Waals surface area contributed by atoms with Crippen molar-refractivity contribution in [2.75, 3.05) is 4.72 Å². The molecule has 28 heavy (non-hydrogen) atoms. The summed E-state index contributed by atoms with van der Waals surface area (Å²) in [7, 11) is -3.94. The van der Waals surface area contributed by atoms with Crippen LogP contribution in [0.15, 0.2) is 22.4 Å². The molecule has 0 unspecified atom stereocenters. The predicted molar refractivity (Wildman–Crippen MR) is 115 cm³/mol. The Morgan fingerprint density at radius 3 is 2.36 bits per heavy atom. The van der Waals surface area contributed by atoms with E-state index in [9.17, 15) is 13.2 Å². The molecule has 1 heterocycles. The molecule has 2 aromatic rings.